The number of ketones is 1. The monoisotopic (exact) mass is 406 g/mol. The third-order valence-electron chi connectivity index (χ3n) is 7.90. The second-order valence-corrected chi connectivity index (χ2v) is 11.0. The quantitative estimate of drug-likeness (QED) is 0.465. The zero-order valence-electron chi connectivity index (χ0n) is 20.1. The van der Waals surface area contributed by atoms with Crippen molar-refractivity contribution in [3.8, 4) is 0 Å². The van der Waals surface area contributed by atoms with Gasteiger partial charge in [0.05, 0.1) is 0 Å². The van der Waals surface area contributed by atoms with E-state index in [1.54, 1.807) is 5.56 Å². The first-order valence-corrected chi connectivity index (χ1v) is 12.2. The van der Waals surface area contributed by atoms with Crippen LogP contribution >= 0.6 is 0 Å². The molecule has 30 heavy (non-hydrogen) atoms. The van der Waals surface area contributed by atoms with Gasteiger partial charge in [0.15, 0.2) is 0 Å². The first-order chi connectivity index (χ1) is 14.2. The molecule has 0 saturated heterocycles. The number of allylic oxidation sites excluding steroid dienone is 4. The predicted octanol–water partition coefficient (Wildman–Crippen LogP) is 8.19. The molecule has 1 aromatic carbocycles. The predicted molar refractivity (Wildman–Crippen MR) is 129 cm³/mol. The molecule has 2 unspecified atom stereocenters. The van der Waals surface area contributed by atoms with Crippen molar-refractivity contribution in [1.82, 2.24) is 0 Å². The second kappa shape index (κ2) is 9.67. The summed E-state index contributed by atoms with van der Waals surface area (Å²) >= 11 is 0. The molecule has 1 saturated carbocycles. The van der Waals surface area contributed by atoms with E-state index in [2.05, 4.69) is 78.0 Å². The molecular weight excluding hydrogens is 364 g/mol. The molecule has 1 fully saturated rings. The van der Waals surface area contributed by atoms with Gasteiger partial charge in [-0.3, -0.25) is 4.79 Å². The summed E-state index contributed by atoms with van der Waals surface area (Å²) < 4.78 is 0. The summed E-state index contributed by atoms with van der Waals surface area (Å²) in [7, 11) is 0. The number of rotatable bonds is 6. The van der Waals surface area contributed by atoms with Gasteiger partial charge in [0.1, 0.15) is 5.78 Å². The van der Waals surface area contributed by atoms with E-state index >= 15 is 0 Å². The van der Waals surface area contributed by atoms with Crippen LogP contribution in [-0.2, 0) is 4.79 Å². The number of aryl methyl sites for hydroxylation is 1. The van der Waals surface area contributed by atoms with Crippen LogP contribution in [0.1, 0.15) is 96.6 Å². The van der Waals surface area contributed by atoms with Crippen LogP contribution in [0.4, 0.5) is 0 Å². The van der Waals surface area contributed by atoms with E-state index in [0.717, 1.165) is 19.3 Å². The number of hydrogen-bond donors (Lipinski definition) is 0. The first kappa shape index (κ1) is 23.0. The summed E-state index contributed by atoms with van der Waals surface area (Å²) in [4.78, 5) is 13.0. The van der Waals surface area contributed by atoms with Gasteiger partial charge in [-0.05, 0) is 85.8 Å². The number of hydrogen-bond acceptors (Lipinski definition) is 1. The van der Waals surface area contributed by atoms with Crippen molar-refractivity contribution in [2.24, 2.45) is 23.2 Å². The van der Waals surface area contributed by atoms with Crippen LogP contribution in [0.3, 0.4) is 0 Å². The molecule has 0 bridgehead atoms. The highest BCUT2D eigenvalue weighted by molar-refractivity contribution is 5.83. The molecule has 1 aromatic rings. The van der Waals surface area contributed by atoms with Crippen LogP contribution in [0, 0.1) is 30.1 Å². The SMILES string of the molecule is CCC(CC(=O)C1C=CC(C2CCC(c3ccccc3C)CC2)=C(C)C1)C(C)(C)C. The molecule has 2 aliphatic rings. The van der Waals surface area contributed by atoms with Gasteiger partial charge in [0, 0.05) is 12.3 Å². The average molecular weight is 407 g/mol. The lowest BCUT2D eigenvalue weighted by Crippen LogP contribution is -2.26. The number of Topliss-reactive ketones (excluding diaryl/α,β-unsaturated/α-hetero) is 1. The van der Waals surface area contributed by atoms with Crippen LogP contribution in [0.25, 0.3) is 0 Å². The van der Waals surface area contributed by atoms with Crippen molar-refractivity contribution < 1.29 is 4.79 Å². The minimum Gasteiger partial charge on any atom is -0.299 e. The highest BCUT2D eigenvalue weighted by atomic mass is 16.1. The Kier molecular flexibility index (Phi) is 7.43. The third-order valence-corrected chi connectivity index (χ3v) is 7.90. The number of benzene rings is 1. The molecule has 3 rings (SSSR count). The minimum atomic E-state index is 0.0912. The van der Waals surface area contributed by atoms with Crippen LogP contribution in [0.15, 0.2) is 47.6 Å². The van der Waals surface area contributed by atoms with E-state index in [1.165, 1.54) is 42.4 Å². The van der Waals surface area contributed by atoms with E-state index in [-0.39, 0.29) is 11.3 Å². The summed E-state index contributed by atoms with van der Waals surface area (Å²) in [6.07, 6.45) is 12.4. The normalized spacial score (nSPS) is 26.0. The van der Waals surface area contributed by atoms with Gasteiger partial charge >= 0.3 is 0 Å². The largest absolute Gasteiger partial charge is 0.299 e. The number of carbonyl (C=O) groups is 1. The molecule has 0 aromatic heterocycles. The van der Waals surface area contributed by atoms with Crippen LogP contribution < -0.4 is 0 Å². The second-order valence-electron chi connectivity index (χ2n) is 11.0. The highest BCUT2D eigenvalue weighted by Gasteiger charge is 2.31. The van der Waals surface area contributed by atoms with Crippen LogP contribution in [0.2, 0.25) is 0 Å². The molecule has 1 nitrogen and oxygen atoms in total. The summed E-state index contributed by atoms with van der Waals surface area (Å²) in [5, 5.41) is 0. The molecule has 0 heterocycles. The topological polar surface area (TPSA) is 17.1 Å². The van der Waals surface area contributed by atoms with Gasteiger partial charge in [-0.1, -0.05) is 76.1 Å². The van der Waals surface area contributed by atoms with Gasteiger partial charge in [-0.2, -0.15) is 0 Å². The van der Waals surface area contributed by atoms with Crippen molar-refractivity contribution >= 4 is 5.78 Å². The van der Waals surface area contributed by atoms with E-state index in [4.69, 9.17) is 0 Å². The fraction of sp³-hybridized carbons (Fsp3) is 0.621. The van der Waals surface area contributed by atoms with E-state index in [9.17, 15) is 4.79 Å². The highest BCUT2D eigenvalue weighted by Crippen LogP contribution is 2.42. The summed E-state index contributed by atoms with van der Waals surface area (Å²) in [5.41, 5.74) is 6.19. The van der Waals surface area contributed by atoms with Crippen molar-refractivity contribution in [1.29, 1.82) is 0 Å². The Morgan fingerprint density at radius 2 is 1.67 bits per heavy atom. The Balaban J connectivity index is 1.59. The molecule has 0 spiro atoms. The van der Waals surface area contributed by atoms with E-state index in [1.807, 2.05) is 0 Å². The standard InChI is InChI=1S/C29H42O/c1-7-25(29(4,5)6)19-28(30)24-16-17-27(21(3)18-24)23-14-12-22(13-15-23)26-11-9-8-10-20(26)2/h8-11,16-17,22-25H,7,12-15,18-19H2,1-6H3. The fourth-order valence-electron chi connectivity index (χ4n) is 5.80. The summed E-state index contributed by atoms with van der Waals surface area (Å²) in [5.74, 6) is 2.40. The lowest BCUT2D eigenvalue weighted by molar-refractivity contribution is -0.123. The fourth-order valence-corrected chi connectivity index (χ4v) is 5.80. The molecule has 164 valence electrons. The maximum absolute atomic E-state index is 13.0. The molecule has 0 radical (unpaired) electrons. The first-order valence-electron chi connectivity index (χ1n) is 12.2. The van der Waals surface area contributed by atoms with Crippen molar-refractivity contribution in [3.05, 3.63) is 58.7 Å². The molecule has 0 amide bonds. The van der Waals surface area contributed by atoms with Gasteiger partial charge in [-0.25, -0.2) is 0 Å². The van der Waals surface area contributed by atoms with Crippen molar-refractivity contribution in [3.63, 3.8) is 0 Å². The number of carbonyl (C=O) groups excluding carboxylic acids is 1. The van der Waals surface area contributed by atoms with Gasteiger partial charge in [-0.15, -0.1) is 0 Å². The Hall–Kier alpha value is -1.63. The molecular formula is C29H42O. The Bertz CT molecular complexity index is 796. The van der Waals surface area contributed by atoms with Gasteiger partial charge in [0.2, 0.25) is 0 Å². The minimum absolute atomic E-state index is 0.0912. The molecule has 1 heteroatoms. The van der Waals surface area contributed by atoms with Crippen molar-refractivity contribution in [2.75, 3.05) is 0 Å². The van der Waals surface area contributed by atoms with Crippen LogP contribution in [0.5, 0.6) is 0 Å². The molecule has 0 aliphatic heterocycles. The maximum atomic E-state index is 13.0. The third kappa shape index (κ3) is 5.34. The molecule has 2 aliphatic carbocycles. The lowest BCUT2D eigenvalue weighted by atomic mass is 9.71. The van der Waals surface area contributed by atoms with Gasteiger partial charge < -0.3 is 0 Å². The maximum Gasteiger partial charge on any atom is 0.140 e. The van der Waals surface area contributed by atoms with E-state index in [0.29, 0.717) is 23.5 Å². The Morgan fingerprint density at radius 1 is 1.03 bits per heavy atom. The zero-order chi connectivity index (χ0) is 21.9. The van der Waals surface area contributed by atoms with Crippen molar-refractivity contribution in [2.45, 2.75) is 92.4 Å². The Labute approximate surface area is 185 Å². The molecule has 2 atom stereocenters. The smallest absolute Gasteiger partial charge is 0.140 e. The average Bonchev–Trinajstić information content (AvgIpc) is 2.71. The Morgan fingerprint density at radius 3 is 2.23 bits per heavy atom. The lowest BCUT2D eigenvalue weighted by Gasteiger charge is -2.33. The summed E-state index contributed by atoms with van der Waals surface area (Å²) in [6.45, 7) is 13.5. The molecule has 0 N–H and O–H groups in total. The van der Waals surface area contributed by atoms with Gasteiger partial charge in [0.25, 0.3) is 0 Å². The van der Waals surface area contributed by atoms with E-state index < -0.39 is 0 Å². The zero-order valence-corrected chi connectivity index (χ0v) is 20.1. The summed E-state index contributed by atoms with van der Waals surface area (Å²) in [6, 6.07) is 8.90. The van der Waals surface area contributed by atoms with Crippen LogP contribution in [-0.4, -0.2) is 5.78 Å².